The average Bonchev–Trinajstić information content (AvgIpc) is 2.70. The summed E-state index contributed by atoms with van der Waals surface area (Å²) >= 11 is 0. The largest absolute Gasteiger partial charge is 0.466 e. The van der Waals surface area contributed by atoms with Crippen LogP contribution in [0.4, 0.5) is 0 Å². The number of esters is 1. The Kier molecular flexibility index (Phi) is 7.21. The van der Waals surface area contributed by atoms with E-state index in [0.717, 1.165) is 17.5 Å². The molecule has 32 heavy (non-hydrogen) atoms. The highest BCUT2D eigenvalue weighted by Gasteiger charge is 2.40. The van der Waals surface area contributed by atoms with E-state index in [9.17, 15) is 9.59 Å². The van der Waals surface area contributed by atoms with Crippen molar-refractivity contribution in [3.05, 3.63) is 70.8 Å². The summed E-state index contributed by atoms with van der Waals surface area (Å²) in [5.74, 6) is -0.272. The average molecular weight is 439 g/mol. The fourth-order valence-corrected chi connectivity index (χ4v) is 4.06. The lowest BCUT2D eigenvalue weighted by Gasteiger charge is -2.43. The maximum Gasteiger partial charge on any atom is 0.311 e. The van der Waals surface area contributed by atoms with Crippen molar-refractivity contribution in [3.63, 3.8) is 0 Å². The Morgan fingerprint density at radius 3 is 1.94 bits per heavy atom. The molecule has 2 aromatic carbocycles. The SMILES string of the molecule is CCOC(=O)C(C)(C)Cc1cccc(C(=O)c2cccc(CC(C)(C)C3OC(C)O3)c2)c1. The third-order valence-corrected chi connectivity index (χ3v) is 5.78. The molecule has 0 saturated carbocycles. The molecule has 0 atom stereocenters. The zero-order valence-electron chi connectivity index (χ0n) is 19.9. The molecule has 1 aliphatic heterocycles. The van der Waals surface area contributed by atoms with Gasteiger partial charge in [-0.05, 0) is 63.8 Å². The third kappa shape index (κ3) is 5.64. The summed E-state index contributed by atoms with van der Waals surface area (Å²) in [7, 11) is 0. The number of hydrogen-bond donors (Lipinski definition) is 0. The first-order valence-corrected chi connectivity index (χ1v) is 11.2. The number of rotatable bonds is 9. The van der Waals surface area contributed by atoms with Gasteiger partial charge >= 0.3 is 5.97 Å². The molecule has 0 unspecified atom stereocenters. The summed E-state index contributed by atoms with van der Waals surface area (Å²) in [6.07, 6.45) is 0.838. The van der Waals surface area contributed by atoms with Gasteiger partial charge in [0.1, 0.15) is 0 Å². The molecule has 0 radical (unpaired) electrons. The highest BCUT2D eigenvalue weighted by Crippen LogP contribution is 2.36. The minimum Gasteiger partial charge on any atom is -0.466 e. The number of carbonyl (C=O) groups is 2. The Labute approximate surface area is 191 Å². The van der Waals surface area contributed by atoms with Gasteiger partial charge in [-0.15, -0.1) is 0 Å². The summed E-state index contributed by atoms with van der Waals surface area (Å²) in [5, 5.41) is 0. The van der Waals surface area contributed by atoms with Gasteiger partial charge < -0.3 is 14.2 Å². The fourth-order valence-electron chi connectivity index (χ4n) is 4.06. The Morgan fingerprint density at radius 1 is 0.906 bits per heavy atom. The molecular formula is C27H34O5. The third-order valence-electron chi connectivity index (χ3n) is 5.78. The lowest BCUT2D eigenvalue weighted by molar-refractivity contribution is -0.406. The van der Waals surface area contributed by atoms with Gasteiger partial charge in [0.2, 0.25) is 0 Å². The van der Waals surface area contributed by atoms with Crippen LogP contribution in [0.1, 0.15) is 68.6 Å². The molecule has 1 aliphatic rings. The van der Waals surface area contributed by atoms with E-state index in [1.807, 2.05) is 69.3 Å². The van der Waals surface area contributed by atoms with Gasteiger partial charge in [0.15, 0.2) is 18.4 Å². The molecule has 1 saturated heterocycles. The predicted molar refractivity (Wildman–Crippen MR) is 123 cm³/mol. The van der Waals surface area contributed by atoms with Crippen molar-refractivity contribution in [2.75, 3.05) is 6.61 Å². The van der Waals surface area contributed by atoms with Crippen LogP contribution in [-0.2, 0) is 31.8 Å². The molecule has 1 fully saturated rings. The van der Waals surface area contributed by atoms with Crippen molar-refractivity contribution in [3.8, 4) is 0 Å². The summed E-state index contributed by atoms with van der Waals surface area (Å²) in [4.78, 5) is 25.5. The van der Waals surface area contributed by atoms with Crippen molar-refractivity contribution < 1.29 is 23.8 Å². The molecule has 2 aromatic rings. The number of ketones is 1. The maximum absolute atomic E-state index is 13.2. The molecule has 5 heteroatoms. The van der Waals surface area contributed by atoms with Crippen LogP contribution in [0.25, 0.3) is 0 Å². The van der Waals surface area contributed by atoms with Gasteiger partial charge in [0.05, 0.1) is 12.0 Å². The smallest absolute Gasteiger partial charge is 0.311 e. The standard InChI is InChI=1S/C27H34O5/c1-7-30-24(29)26(3,4)16-19-10-8-12-21(14-19)23(28)22-13-9-11-20(15-22)17-27(5,6)25-31-18(2)32-25/h8-15,18,25H,7,16-17H2,1-6H3. The predicted octanol–water partition coefficient (Wildman–Crippen LogP) is 5.34. The van der Waals surface area contributed by atoms with Crippen molar-refractivity contribution in [1.82, 2.24) is 0 Å². The quantitative estimate of drug-likeness (QED) is 0.391. The van der Waals surface area contributed by atoms with Gasteiger partial charge in [-0.3, -0.25) is 9.59 Å². The number of ether oxygens (including phenoxy) is 3. The molecule has 0 bridgehead atoms. The molecule has 172 valence electrons. The molecule has 5 nitrogen and oxygen atoms in total. The normalized spacial score (nSPS) is 18.7. The van der Waals surface area contributed by atoms with Crippen molar-refractivity contribution in [2.24, 2.45) is 10.8 Å². The van der Waals surface area contributed by atoms with E-state index in [1.54, 1.807) is 6.92 Å². The highest BCUT2D eigenvalue weighted by molar-refractivity contribution is 6.09. The van der Waals surface area contributed by atoms with Gasteiger partial charge in [-0.2, -0.15) is 0 Å². The zero-order valence-corrected chi connectivity index (χ0v) is 19.9. The van der Waals surface area contributed by atoms with Crippen LogP contribution >= 0.6 is 0 Å². The van der Waals surface area contributed by atoms with E-state index in [4.69, 9.17) is 14.2 Å². The zero-order chi connectivity index (χ0) is 23.5. The van der Waals surface area contributed by atoms with Crippen LogP contribution < -0.4 is 0 Å². The van der Waals surface area contributed by atoms with Crippen LogP contribution in [0.5, 0.6) is 0 Å². The first-order chi connectivity index (χ1) is 15.0. The van der Waals surface area contributed by atoms with E-state index in [-0.39, 0.29) is 29.7 Å². The molecular weight excluding hydrogens is 404 g/mol. The summed E-state index contributed by atoms with van der Waals surface area (Å²) in [5.41, 5.74) is 2.38. The summed E-state index contributed by atoms with van der Waals surface area (Å²) in [6.45, 7) is 12.0. The van der Waals surface area contributed by atoms with Crippen LogP contribution in [-0.4, -0.2) is 30.9 Å². The molecule has 0 aliphatic carbocycles. The van der Waals surface area contributed by atoms with Crippen LogP contribution in [0.15, 0.2) is 48.5 Å². The second-order valence-electron chi connectivity index (χ2n) is 9.85. The van der Waals surface area contributed by atoms with Crippen LogP contribution in [0, 0.1) is 10.8 Å². The van der Waals surface area contributed by atoms with Crippen molar-refractivity contribution in [2.45, 2.75) is 67.0 Å². The van der Waals surface area contributed by atoms with Gasteiger partial charge in [0.25, 0.3) is 0 Å². The van der Waals surface area contributed by atoms with E-state index < -0.39 is 5.41 Å². The van der Waals surface area contributed by atoms with Gasteiger partial charge in [-0.1, -0.05) is 50.2 Å². The summed E-state index contributed by atoms with van der Waals surface area (Å²) in [6, 6.07) is 15.2. The van der Waals surface area contributed by atoms with Gasteiger partial charge in [-0.25, -0.2) is 0 Å². The van der Waals surface area contributed by atoms with Crippen molar-refractivity contribution in [1.29, 1.82) is 0 Å². The van der Waals surface area contributed by atoms with E-state index >= 15 is 0 Å². The number of benzene rings is 2. The molecule has 3 rings (SSSR count). The molecule has 1 heterocycles. The van der Waals surface area contributed by atoms with Crippen LogP contribution in [0.3, 0.4) is 0 Å². The topological polar surface area (TPSA) is 61.8 Å². The Bertz CT molecular complexity index is 970. The van der Waals surface area contributed by atoms with Gasteiger partial charge in [0, 0.05) is 16.5 Å². The minimum atomic E-state index is -0.660. The number of hydrogen-bond acceptors (Lipinski definition) is 5. The first kappa shape index (κ1) is 24.1. The monoisotopic (exact) mass is 438 g/mol. The summed E-state index contributed by atoms with van der Waals surface area (Å²) < 4.78 is 16.6. The first-order valence-electron chi connectivity index (χ1n) is 11.2. The highest BCUT2D eigenvalue weighted by atomic mass is 16.9. The maximum atomic E-state index is 13.2. The lowest BCUT2D eigenvalue weighted by atomic mass is 9.83. The molecule has 0 spiro atoms. The lowest BCUT2D eigenvalue weighted by Crippen LogP contribution is -2.49. The second-order valence-corrected chi connectivity index (χ2v) is 9.85. The van der Waals surface area contributed by atoms with Crippen molar-refractivity contribution >= 4 is 11.8 Å². The minimum absolute atomic E-state index is 0.0368. The Balaban J connectivity index is 1.75. The Morgan fingerprint density at radius 2 is 1.44 bits per heavy atom. The molecule has 0 N–H and O–H groups in total. The second kappa shape index (κ2) is 9.55. The molecule has 0 amide bonds. The number of carbonyl (C=O) groups excluding carboxylic acids is 2. The van der Waals surface area contributed by atoms with E-state index in [1.165, 1.54) is 0 Å². The van der Waals surface area contributed by atoms with E-state index in [2.05, 4.69) is 13.8 Å². The van der Waals surface area contributed by atoms with E-state index in [0.29, 0.717) is 24.2 Å². The molecule has 0 aromatic heterocycles. The Hall–Kier alpha value is -2.50. The fraction of sp³-hybridized carbons (Fsp3) is 0.481. The van der Waals surface area contributed by atoms with Crippen LogP contribution in [0.2, 0.25) is 0 Å².